The molecule has 1 aliphatic rings. The first kappa shape index (κ1) is 15.5. The van der Waals surface area contributed by atoms with Crippen LogP contribution in [0.25, 0.3) is 0 Å². The number of thioether (sulfide) groups is 2. The fourth-order valence-corrected chi connectivity index (χ4v) is 4.23. The summed E-state index contributed by atoms with van der Waals surface area (Å²) in [4.78, 5) is 22.5. The molecule has 0 aromatic carbocycles. The van der Waals surface area contributed by atoms with E-state index in [2.05, 4.69) is 10.6 Å². The van der Waals surface area contributed by atoms with Gasteiger partial charge in [-0.3, -0.25) is 0 Å². The minimum absolute atomic E-state index is 0.382. The molecule has 1 rings (SSSR count). The van der Waals surface area contributed by atoms with E-state index in [9.17, 15) is 9.59 Å². The lowest BCUT2D eigenvalue weighted by atomic mass is 10.2. The summed E-state index contributed by atoms with van der Waals surface area (Å²) in [6.07, 6.45) is 1.18. The van der Waals surface area contributed by atoms with Crippen molar-refractivity contribution in [3.63, 3.8) is 0 Å². The smallest absolute Gasteiger partial charge is 0.326 e. The van der Waals surface area contributed by atoms with Crippen molar-refractivity contribution < 1.29 is 14.7 Å². The molecule has 0 radical (unpaired) electrons. The molecule has 1 heterocycles. The van der Waals surface area contributed by atoms with Crippen LogP contribution in [-0.4, -0.2) is 52.2 Å². The number of amides is 2. The number of carbonyl (C=O) groups is 2. The van der Waals surface area contributed by atoms with Crippen LogP contribution >= 0.6 is 23.5 Å². The van der Waals surface area contributed by atoms with Crippen LogP contribution < -0.4 is 10.6 Å². The van der Waals surface area contributed by atoms with Crippen molar-refractivity contribution in [1.29, 1.82) is 0 Å². The Kier molecular flexibility index (Phi) is 7.34. The van der Waals surface area contributed by atoms with Crippen LogP contribution in [0.15, 0.2) is 0 Å². The van der Waals surface area contributed by atoms with E-state index < -0.39 is 12.0 Å². The average Bonchev–Trinajstić information content (AvgIpc) is 2.37. The van der Waals surface area contributed by atoms with Gasteiger partial charge in [0.05, 0.1) is 0 Å². The normalized spacial score (nSPS) is 21.1. The molecule has 0 aromatic heterocycles. The minimum atomic E-state index is -0.977. The highest BCUT2D eigenvalue weighted by atomic mass is 32.2. The van der Waals surface area contributed by atoms with E-state index in [1.54, 1.807) is 0 Å². The van der Waals surface area contributed by atoms with Crippen LogP contribution in [0.5, 0.6) is 0 Å². The van der Waals surface area contributed by atoms with Crippen molar-refractivity contribution in [3.8, 4) is 0 Å². The van der Waals surface area contributed by atoms with Crippen molar-refractivity contribution in [2.45, 2.75) is 31.1 Å². The van der Waals surface area contributed by atoms with E-state index in [4.69, 9.17) is 5.11 Å². The summed E-state index contributed by atoms with van der Waals surface area (Å²) in [5, 5.41) is 14.6. The Morgan fingerprint density at radius 3 is 2.78 bits per heavy atom. The van der Waals surface area contributed by atoms with Gasteiger partial charge in [-0.05, 0) is 6.42 Å². The zero-order valence-electron chi connectivity index (χ0n) is 10.5. The lowest BCUT2D eigenvalue weighted by molar-refractivity contribution is -0.139. The second kappa shape index (κ2) is 8.53. The molecule has 0 saturated carbocycles. The van der Waals surface area contributed by atoms with Crippen molar-refractivity contribution in [2.75, 3.05) is 23.8 Å². The first-order valence-electron chi connectivity index (χ1n) is 6.10. The molecule has 0 aliphatic carbocycles. The van der Waals surface area contributed by atoms with Crippen LogP contribution in [-0.2, 0) is 4.79 Å². The van der Waals surface area contributed by atoms with Crippen LogP contribution in [0.1, 0.15) is 19.8 Å². The molecule has 1 aliphatic heterocycles. The highest BCUT2D eigenvalue weighted by molar-refractivity contribution is 8.06. The third-order valence-electron chi connectivity index (χ3n) is 2.56. The Hall–Kier alpha value is -0.560. The molecule has 2 atom stereocenters. The first-order chi connectivity index (χ1) is 8.63. The SMILES string of the molecule is CCCC(NC(=O)NCC1CSCCS1)C(=O)O. The third-order valence-corrected chi connectivity index (χ3v) is 5.40. The molecule has 1 fully saturated rings. The molecule has 18 heavy (non-hydrogen) atoms. The molecular weight excluding hydrogens is 272 g/mol. The maximum absolute atomic E-state index is 11.6. The van der Waals surface area contributed by atoms with E-state index in [1.165, 1.54) is 5.75 Å². The number of rotatable bonds is 6. The molecular formula is C11H20N2O3S2. The zero-order chi connectivity index (χ0) is 13.4. The molecule has 104 valence electrons. The van der Waals surface area contributed by atoms with Crippen LogP contribution in [0.3, 0.4) is 0 Å². The maximum atomic E-state index is 11.6. The summed E-state index contributed by atoms with van der Waals surface area (Å²) in [6.45, 7) is 2.49. The molecule has 0 aromatic rings. The predicted molar refractivity (Wildman–Crippen MR) is 76.4 cm³/mol. The van der Waals surface area contributed by atoms with Gasteiger partial charge in [-0.15, -0.1) is 0 Å². The third kappa shape index (κ3) is 5.86. The molecule has 1 saturated heterocycles. The summed E-state index contributed by atoms with van der Waals surface area (Å²) in [6, 6.07) is -1.17. The summed E-state index contributed by atoms with van der Waals surface area (Å²) in [5.41, 5.74) is 0. The number of urea groups is 1. The second-order valence-corrected chi connectivity index (χ2v) is 6.66. The summed E-state index contributed by atoms with van der Waals surface area (Å²) >= 11 is 3.76. The van der Waals surface area contributed by atoms with Gasteiger partial charge in [0.15, 0.2) is 0 Å². The Morgan fingerprint density at radius 1 is 1.44 bits per heavy atom. The number of nitrogens with one attached hydrogen (secondary N) is 2. The van der Waals surface area contributed by atoms with Gasteiger partial charge < -0.3 is 15.7 Å². The standard InChI is InChI=1S/C11H20N2O3S2/c1-2-3-9(10(14)15)13-11(16)12-6-8-7-17-4-5-18-8/h8-9H,2-7H2,1H3,(H,14,15)(H2,12,13,16). The first-order valence-corrected chi connectivity index (χ1v) is 8.30. The molecule has 3 N–H and O–H groups in total. The molecule has 7 heteroatoms. The Labute approximate surface area is 116 Å². The van der Waals surface area contributed by atoms with Gasteiger partial charge in [-0.2, -0.15) is 23.5 Å². The van der Waals surface area contributed by atoms with Gasteiger partial charge in [0.2, 0.25) is 0 Å². The van der Waals surface area contributed by atoms with Crippen molar-refractivity contribution in [3.05, 3.63) is 0 Å². The molecule has 0 bridgehead atoms. The second-order valence-electron chi connectivity index (χ2n) is 4.10. The van der Waals surface area contributed by atoms with E-state index in [0.717, 1.165) is 17.9 Å². The average molecular weight is 292 g/mol. The van der Waals surface area contributed by atoms with Gasteiger partial charge in [0.1, 0.15) is 6.04 Å². The Bertz CT molecular complexity index is 283. The number of hydrogen-bond acceptors (Lipinski definition) is 4. The highest BCUT2D eigenvalue weighted by Gasteiger charge is 2.20. The van der Waals surface area contributed by atoms with Gasteiger partial charge in [0.25, 0.3) is 0 Å². The quantitative estimate of drug-likeness (QED) is 0.689. The molecule has 5 nitrogen and oxygen atoms in total. The van der Waals surface area contributed by atoms with Crippen LogP contribution in [0, 0.1) is 0 Å². The monoisotopic (exact) mass is 292 g/mol. The van der Waals surface area contributed by atoms with E-state index in [1.807, 2.05) is 30.4 Å². The fourth-order valence-electron chi connectivity index (χ4n) is 1.62. The van der Waals surface area contributed by atoms with E-state index >= 15 is 0 Å². The number of hydrogen-bond donors (Lipinski definition) is 3. The number of carboxylic acid groups (broad SMARTS) is 1. The highest BCUT2D eigenvalue weighted by Crippen LogP contribution is 2.23. The summed E-state index contributed by atoms with van der Waals surface area (Å²) in [7, 11) is 0. The zero-order valence-corrected chi connectivity index (χ0v) is 12.1. The number of carbonyl (C=O) groups excluding carboxylic acids is 1. The number of carboxylic acids is 1. The number of aliphatic carboxylic acids is 1. The topological polar surface area (TPSA) is 78.4 Å². The van der Waals surface area contributed by atoms with Crippen molar-refractivity contribution in [1.82, 2.24) is 10.6 Å². The summed E-state index contributed by atoms with van der Waals surface area (Å²) < 4.78 is 0. The summed E-state index contributed by atoms with van der Waals surface area (Å²) in [5.74, 6) is 2.36. The van der Waals surface area contributed by atoms with Crippen molar-refractivity contribution in [2.24, 2.45) is 0 Å². The van der Waals surface area contributed by atoms with Gasteiger partial charge >= 0.3 is 12.0 Å². The van der Waals surface area contributed by atoms with Gasteiger partial charge in [-0.25, -0.2) is 9.59 Å². The van der Waals surface area contributed by atoms with Gasteiger partial charge in [0, 0.05) is 29.1 Å². The Balaban J connectivity index is 2.24. The van der Waals surface area contributed by atoms with E-state index in [0.29, 0.717) is 18.2 Å². The lowest BCUT2D eigenvalue weighted by Gasteiger charge is -2.22. The Morgan fingerprint density at radius 2 is 2.22 bits per heavy atom. The molecule has 2 amide bonds. The molecule has 2 unspecified atom stereocenters. The lowest BCUT2D eigenvalue weighted by Crippen LogP contribution is -2.47. The largest absolute Gasteiger partial charge is 0.480 e. The van der Waals surface area contributed by atoms with E-state index in [-0.39, 0.29) is 6.03 Å². The van der Waals surface area contributed by atoms with Crippen LogP contribution in [0.2, 0.25) is 0 Å². The predicted octanol–water partition coefficient (Wildman–Crippen LogP) is 1.39. The molecule has 0 spiro atoms. The van der Waals surface area contributed by atoms with Crippen LogP contribution in [0.4, 0.5) is 4.79 Å². The fraction of sp³-hybridized carbons (Fsp3) is 0.818. The minimum Gasteiger partial charge on any atom is -0.480 e. The van der Waals surface area contributed by atoms with Crippen molar-refractivity contribution >= 4 is 35.5 Å². The van der Waals surface area contributed by atoms with Gasteiger partial charge in [-0.1, -0.05) is 13.3 Å². The maximum Gasteiger partial charge on any atom is 0.326 e.